The molecular weight excluding hydrogens is 403 g/mol. The zero-order valence-electron chi connectivity index (χ0n) is 15.7. The van der Waals surface area contributed by atoms with Crippen molar-refractivity contribution in [2.45, 2.75) is 12.6 Å². The van der Waals surface area contributed by atoms with E-state index in [1.54, 1.807) is 16.2 Å². The van der Waals surface area contributed by atoms with Gasteiger partial charge in [0.25, 0.3) is 5.91 Å². The van der Waals surface area contributed by atoms with Crippen LogP contribution in [0.1, 0.15) is 20.8 Å². The summed E-state index contributed by atoms with van der Waals surface area (Å²) in [6.45, 7) is 2.82. The first kappa shape index (κ1) is 21.3. The van der Waals surface area contributed by atoms with E-state index in [1.165, 1.54) is 17.0 Å². The van der Waals surface area contributed by atoms with Gasteiger partial charge >= 0.3 is 6.18 Å². The number of carbonyl (C=O) groups excluding carboxylic acids is 2. The van der Waals surface area contributed by atoms with Crippen LogP contribution in [-0.4, -0.2) is 60.9 Å². The van der Waals surface area contributed by atoms with E-state index in [2.05, 4.69) is 5.32 Å². The van der Waals surface area contributed by atoms with Gasteiger partial charge in [-0.3, -0.25) is 14.5 Å². The Morgan fingerprint density at radius 2 is 1.72 bits per heavy atom. The standard InChI is InChI=1S/C20H22F3N3O2S/c21-20(22,23)16-5-3-15(4-6-16)19(28)26-11-9-25(10-12-26)14-18(27)24-8-7-17-2-1-13-29-17/h1-6,13H,7-12,14H2,(H,24,27). The molecule has 1 aromatic heterocycles. The monoisotopic (exact) mass is 425 g/mol. The number of benzene rings is 1. The first-order valence-corrected chi connectivity index (χ1v) is 10.2. The average molecular weight is 425 g/mol. The Balaban J connectivity index is 1.41. The predicted molar refractivity (Wildman–Crippen MR) is 105 cm³/mol. The molecule has 1 saturated heterocycles. The molecule has 1 fully saturated rings. The average Bonchev–Trinajstić information content (AvgIpc) is 3.21. The van der Waals surface area contributed by atoms with Crippen LogP contribution in [-0.2, 0) is 17.4 Å². The van der Waals surface area contributed by atoms with E-state index < -0.39 is 11.7 Å². The molecule has 5 nitrogen and oxygen atoms in total. The number of alkyl halides is 3. The number of hydrogen-bond donors (Lipinski definition) is 1. The van der Waals surface area contributed by atoms with Gasteiger partial charge < -0.3 is 10.2 Å². The number of thiophene rings is 1. The number of amides is 2. The molecule has 1 aliphatic heterocycles. The normalized spacial score (nSPS) is 15.3. The van der Waals surface area contributed by atoms with E-state index in [1.807, 2.05) is 22.4 Å². The van der Waals surface area contributed by atoms with Crippen LogP contribution in [0.25, 0.3) is 0 Å². The molecule has 0 radical (unpaired) electrons. The van der Waals surface area contributed by atoms with Crippen molar-refractivity contribution in [2.24, 2.45) is 0 Å². The molecule has 3 rings (SSSR count). The van der Waals surface area contributed by atoms with Crippen LogP contribution in [0, 0.1) is 0 Å². The lowest BCUT2D eigenvalue weighted by molar-refractivity contribution is -0.137. The highest BCUT2D eigenvalue weighted by Crippen LogP contribution is 2.29. The van der Waals surface area contributed by atoms with E-state index in [0.717, 1.165) is 18.6 Å². The summed E-state index contributed by atoms with van der Waals surface area (Å²) in [5.41, 5.74) is -0.540. The number of nitrogens with zero attached hydrogens (tertiary/aromatic N) is 2. The maximum atomic E-state index is 12.6. The third-order valence-electron chi connectivity index (χ3n) is 4.76. The number of hydrogen-bond acceptors (Lipinski definition) is 4. The Hall–Kier alpha value is -2.39. The fourth-order valence-corrected chi connectivity index (χ4v) is 3.84. The molecule has 9 heteroatoms. The molecule has 0 unspecified atom stereocenters. The molecule has 0 saturated carbocycles. The minimum Gasteiger partial charge on any atom is -0.355 e. The van der Waals surface area contributed by atoms with Crippen LogP contribution in [0.15, 0.2) is 41.8 Å². The molecule has 1 N–H and O–H groups in total. The molecule has 2 aromatic rings. The van der Waals surface area contributed by atoms with Crippen molar-refractivity contribution in [3.63, 3.8) is 0 Å². The zero-order valence-corrected chi connectivity index (χ0v) is 16.6. The van der Waals surface area contributed by atoms with E-state index in [-0.39, 0.29) is 23.9 Å². The maximum Gasteiger partial charge on any atom is 0.416 e. The number of halogens is 3. The zero-order chi connectivity index (χ0) is 20.9. The summed E-state index contributed by atoms with van der Waals surface area (Å²) in [6.07, 6.45) is -3.61. The molecule has 1 aromatic carbocycles. The third kappa shape index (κ3) is 6.04. The Labute approximate surface area is 171 Å². The number of carbonyl (C=O) groups is 2. The van der Waals surface area contributed by atoms with Gasteiger partial charge in [0.2, 0.25) is 5.91 Å². The highest BCUT2D eigenvalue weighted by molar-refractivity contribution is 7.09. The largest absolute Gasteiger partial charge is 0.416 e. The summed E-state index contributed by atoms with van der Waals surface area (Å²) in [6, 6.07) is 8.27. The van der Waals surface area contributed by atoms with Crippen LogP contribution in [0.3, 0.4) is 0 Å². The maximum absolute atomic E-state index is 12.6. The molecule has 0 aliphatic carbocycles. The molecule has 156 valence electrons. The van der Waals surface area contributed by atoms with Crippen molar-refractivity contribution >= 4 is 23.2 Å². The van der Waals surface area contributed by atoms with Gasteiger partial charge in [0.1, 0.15) is 0 Å². The Morgan fingerprint density at radius 3 is 2.31 bits per heavy atom. The topological polar surface area (TPSA) is 52.7 Å². The fraction of sp³-hybridized carbons (Fsp3) is 0.400. The van der Waals surface area contributed by atoms with Crippen LogP contribution < -0.4 is 5.32 Å². The van der Waals surface area contributed by atoms with E-state index in [9.17, 15) is 22.8 Å². The van der Waals surface area contributed by atoms with Crippen molar-refractivity contribution in [1.29, 1.82) is 0 Å². The van der Waals surface area contributed by atoms with Crippen molar-refractivity contribution in [3.8, 4) is 0 Å². The van der Waals surface area contributed by atoms with Crippen molar-refractivity contribution < 1.29 is 22.8 Å². The Kier molecular flexibility index (Phi) is 6.92. The van der Waals surface area contributed by atoms with Gasteiger partial charge in [-0.25, -0.2) is 0 Å². The highest BCUT2D eigenvalue weighted by atomic mass is 32.1. The highest BCUT2D eigenvalue weighted by Gasteiger charge is 2.30. The molecule has 0 spiro atoms. The van der Waals surface area contributed by atoms with E-state index >= 15 is 0 Å². The summed E-state index contributed by atoms with van der Waals surface area (Å²) < 4.78 is 37.9. The van der Waals surface area contributed by atoms with Gasteiger partial charge in [0, 0.05) is 43.2 Å². The second kappa shape index (κ2) is 9.41. The second-order valence-corrected chi connectivity index (χ2v) is 7.86. The minimum absolute atomic E-state index is 0.0518. The van der Waals surface area contributed by atoms with Gasteiger partial charge in [0.15, 0.2) is 0 Å². The SMILES string of the molecule is O=C(CN1CCN(C(=O)c2ccc(C(F)(F)F)cc2)CC1)NCCc1cccs1. The van der Waals surface area contributed by atoms with Crippen LogP contribution in [0.2, 0.25) is 0 Å². The molecule has 2 heterocycles. The fourth-order valence-electron chi connectivity index (χ4n) is 3.13. The number of piperazine rings is 1. The van der Waals surface area contributed by atoms with Crippen molar-refractivity contribution in [2.75, 3.05) is 39.3 Å². The quantitative estimate of drug-likeness (QED) is 0.775. The molecular formula is C20H22F3N3O2S. The minimum atomic E-state index is -4.42. The molecule has 0 bridgehead atoms. The van der Waals surface area contributed by atoms with Crippen LogP contribution in [0.4, 0.5) is 13.2 Å². The Bertz CT molecular complexity index is 814. The molecule has 0 atom stereocenters. The summed E-state index contributed by atoms with van der Waals surface area (Å²) in [5.74, 6) is -0.345. The lowest BCUT2D eigenvalue weighted by Gasteiger charge is -2.34. The molecule has 1 aliphatic rings. The van der Waals surface area contributed by atoms with Gasteiger partial charge in [0.05, 0.1) is 12.1 Å². The van der Waals surface area contributed by atoms with Crippen molar-refractivity contribution in [3.05, 3.63) is 57.8 Å². The van der Waals surface area contributed by atoms with E-state index in [4.69, 9.17) is 0 Å². The smallest absolute Gasteiger partial charge is 0.355 e. The second-order valence-electron chi connectivity index (χ2n) is 6.82. The van der Waals surface area contributed by atoms with E-state index in [0.29, 0.717) is 32.7 Å². The summed E-state index contributed by atoms with van der Waals surface area (Å²) in [7, 11) is 0. The van der Waals surface area contributed by atoms with Gasteiger partial charge in [-0.2, -0.15) is 13.2 Å². The van der Waals surface area contributed by atoms with Crippen LogP contribution in [0.5, 0.6) is 0 Å². The summed E-state index contributed by atoms with van der Waals surface area (Å²) >= 11 is 1.66. The van der Waals surface area contributed by atoms with Crippen LogP contribution >= 0.6 is 11.3 Å². The lowest BCUT2D eigenvalue weighted by Crippen LogP contribution is -2.51. The Morgan fingerprint density at radius 1 is 1.03 bits per heavy atom. The lowest BCUT2D eigenvalue weighted by atomic mass is 10.1. The van der Waals surface area contributed by atoms with Gasteiger partial charge in [-0.1, -0.05) is 6.07 Å². The molecule has 2 amide bonds. The number of nitrogens with one attached hydrogen (secondary N) is 1. The first-order chi connectivity index (χ1) is 13.8. The first-order valence-electron chi connectivity index (χ1n) is 9.31. The van der Waals surface area contributed by atoms with Gasteiger partial charge in [-0.05, 0) is 42.1 Å². The number of rotatable bonds is 6. The van der Waals surface area contributed by atoms with Gasteiger partial charge in [-0.15, -0.1) is 11.3 Å². The summed E-state index contributed by atoms with van der Waals surface area (Å²) in [5, 5.41) is 4.90. The summed E-state index contributed by atoms with van der Waals surface area (Å²) in [4.78, 5) is 29.4. The molecule has 29 heavy (non-hydrogen) atoms. The van der Waals surface area contributed by atoms with Crippen molar-refractivity contribution in [1.82, 2.24) is 15.1 Å². The predicted octanol–water partition coefficient (Wildman–Crippen LogP) is 2.88. The third-order valence-corrected chi connectivity index (χ3v) is 5.70.